The van der Waals surface area contributed by atoms with Crippen LogP contribution in [-0.4, -0.2) is 10.9 Å². The maximum atomic E-state index is 12.9. The molecule has 0 aliphatic rings. The van der Waals surface area contributed by atoms with E-state index in [4.69, 9.17) is 16.0 Å². The molecule has 138 valence electrons. The predicted molar refractivity (Wildman–Crippen MR) is 96.6 cm³/mol. The standard InChI is InChI=1S/C17H8ClF3N2O3S/c18-13-9-3-1-7(17(19,20)21)5-12(9)27-14(13)15(24)22-8-2-4-11-10(6-8)23-16(25)26-11/h1-6H,(H,22,24)(H,23,25). The molecular formula is C17H8ClF3N2O3S. The summed E-state index contributed by atoms with van der Waals surface area (Å²) in [6.45, 7) is 0. The van der Waals surface area contributed by atoms with Gasteiger partial charge in [-0.25, -0.2) is 4.79 Å². The van der Waals surface area contributed by atoms with Crippen LogP contribution in [0.2, 0.25) is 5.02 Å². The van der Waals surface area contributed by atoms with Crippen LogP contribution in [0.25, 0.3) is 21.2 Å². The monoisotopic (exact) mass is 412 g/mol. The highest BCUT2D eigenvalue weighted by molar-refractivity contribution is 7.21. The van der Waals surface area contributed by atoms with Gasteiger partial charge in [-0.2, -0.15) is 13.2 Å². The highest BCUT2D eigenvalue weighted by Crippen LogP contribution is 2.39. The number of hydrogen-bond acceptors (Lipinski definition) is 4. The molecule has 10 heteroatoms. The molecule has 0 atom stereocenters. The number of carbonyl (C=O) groups excluding carboxylic acids is 1. The molecule has 0 saturated heterocycles. The van der Waals surface area contributed by atoms with Crippen LogP contribution < -0.4 is 11.1 Å². The second-order valence-corrected chi connectivity index (χ2v) is 7.06. The van der Waals surface area contributed by atoms with Crippen molar-refractivity contribution in [1.29, 1.82) is 0 Å². The van der Waals surface area contributed by atoms with Gasteiger partial charge in [0.25, 0.3) is 5.91 Å². The average molecular weight is 413 g/mol. The first kappa shape index (κ1) is 17.6. The first-order valence-electron chi connectivity index (χ1n) is 7.46. The maximum absolute atomic E-state index is 12.9. The molecule has 0 aliphatic heterocycles. The fourth-order valence-electron chi connectivity index (χ4n) is 2.61. The minimum atomic E-state index is -4.48. The molecule has 4 rings (SSSR count). The zero-order valence-corrected chi connectivity index (χ0v) is 14.7. The summed E-state index contributed by atoms with van der Waals surface area (Å²) in [4.78, 5) is 26.3. The summed E-state index contributed by atoms with van der Waals surface area (Å²) in [7, 11) is 0. The van der Waals surface area contributed by atoms with Gasteiger partial charge in [0.05, 0.1) is 16.1 Å². The van der Waals surface area contributed by atoms with Crippen molar-refractivity contribution < 1.29 is 22.4 Å². The number of anilines is 1. The number of aromatic nitrogens is 1. The number of hydrogen-bond donors (Lipinski definition) is 2. The Morgan fingerprint density at radius 2 is 1.96 bits per heavy atom. The lowest BCUT2D eigenvalue weighted by Gasteiger charge is -2.05. The van der Waals surface area contributed by atoms with E-state index in [-0.39, 0.29) is 14.6 Å². The van der Waals surface area contributed by atoms with Crippen LogP contribution in [-0.2, 0) is 6.18 Å². The van der Waals surface area contributed by atoms with E-state index in [1.54, 1.807) is 0 Å². The van der Waals surface area contributed by atoms with Gasteiger partial charge < -0.3 is 9.73 Å². The lowest BCUT2D eigenvalue weighted by Crippen LogP contribution is -2.10. The van der Waals surface area contributed by atoms with Gasteiger partial charge in [-0.1, -0.05) is 17.7 Å². The van der Waals surface area contributed by atoms with E-state index >= 15 is 0 Å². The molecule has 0 fully saturated rings. The molecule has 0 aliphatic carbocycles. The summed E-state index contributed by atoms with van der Waals surface area (Å²) >= 11 is 7.06. The Hall–Kier alpha value is -2.78. The third-order valence-corrected chi connectivity index (χ3v) is 5.50. The van der Waals surface area contributed by atoms with Crippen molar-refractivity contribution in [1.82, 2.24) is 4.98 Å². The Labute approximate surface area is 157 Å². The van der Waals surface area contributed by atoms with Crippen molar-refractivity contribution in [2.45, 2.75) is 6.18 Å². The molecule has 2 aromatic heterocycles. The molecular weight excluding hydrogens is 405 g/mol. The van der Waals surface area contributed by atoms with E-state index in [1.165, 1.54) is 24.3 Å². The number of aromatic amines is 1. The number of benzene rings is 2. The van der Waals surface area contributed by atoms with Gasteiger partial charge in [-0.3, -0.25) is 9.78 Å². The van der Waals surface area contributed by atoms with Gasteiger partial charge in [0.15, 0.2) is 5.58 Å². The van der Waals surface area contributed by atoms with Crippen molar-refractivity contribution in [3.63, 3.8) is 0 Å². The number of amides is 1. The smallest absolute Gasteiger partial charge is 0.408 e. The van der Waals surface area contributed by atoms with Gasteiger partial charge in [-0.15, -0.1) is 11.3 Å². The highest BCUT2D eigenvalue weighted by Gasteiger charge is 2.31. The minimum Gasteiger partial charge on any atom is -0.408 e. The molecule has 0 radical (unpaired) electrons. The summed E-state index contributed by atoms with van der Waals surface area (Å²) in [5, 5.41) is 3.06. The normalized spacial score (nSPS) is 12.0. The molecule has 2 N–H and O–H groups in total. The lowest BCUT2D eigenvalue weighted by molar-refractivity contribution is -0.137. The van der Waals surface area contributed by atoms with Crippen LogP contribution in [0.4, 0.5) is 18.9 Å². The number of thiophene rings is 1. The van der Waals surface area contributed by atoms with Gasteiger partial charge in [0, 0.05) is 15.8 Å². The third-order valence-electron chi connectivity index (χ3n) is 3.84. The zero-order valence-electron chi connectivity index (χ0n) is 13.1. The Kier molecular flexibility index (Phi) is 4.01. The molecule has 5 nitrogen and oxygen atoms in total. The largest absolute Gasteiger partial charge is 0.417 e. The van der Waals surface area contributed by atoms with E-state index in [1.807, 2.05) is 0 Å². The molecule has 2 heterocycles. The van der Waals surface area contributed by atoms with Crippen LogP contribution in [0.5, 0.6) is 0 Å². The van der Waals surface area contributed by atoms with E-state index in [0.29, 0.717) is 22.2 Å². The number of halogens is 4. The molecule has 0 unspecified atom stereocenters. The summed E-state index contributed by atoms with van der Waals surface area (Å²) in [6.07, 6.45) is -4.48. The van der Waals surface area contributed by atoms with E-state index in [2.05, 4.69) is 10.3 Å². The first-order valence-corrected chi connectivity index (χ1v) is 8.65. The number of nitrogens with one attached hydrogen (secondary N) is 2. The number of rotatable bonds is 2. The molecule has 2 aromatic carbocycles. The average Bonchev–Trinajstić information content (AvgIpc) is 3.12. The second-order valence-electron chi connectivity index (χ2n) is 5.63. The fourth-order valence-corrected chi connectivity index (χ4v) is 4.06. The van der Waals surface area contributed by atoms with E-state index < -0.39 is 23.4 Å². The van der Waals surface area contributed by atoms with Crippen LogP contribution >= 0.6 is 22.9 Å². The molecule has 27 heavy (non-hydrogen) atoms. The second kappa shape index (κ2) is 6.14. The Bertz CT molecular complexity index is 1260. The topological polar surface area (TPSA) is 75.1 Å². The zero-order chi connectivity index (χ0) is 19.3. The number of carbonyl (C=O) groups is 1. The van der Waals surface area contributed by atoms with Gasteiger partial charge >= 0.3 is 11.9 Å². The Morgan fingerprint density at radius 3 is 2.70 bits per heavy atom. The summed E-state index contributed by atoms with van der Waals surface area (Å²) < 4.78 is 43.7. The van der Waals surface area contributed by atoms with Crippen molar-refractivity contribution in [3.8, 4) is 0 Å². The van der Waals surface area contributed by atoms with Gasteiger partial charge in [0.1, 0.15) is 4.88 Å². The van der Waals surface area contributed by atoms with E-state index in [9.17, 15) is 22.8 Å². The summed E-state index contributed by atoms with van der Waals surface area (Å²) in [5.74, 6) is -1.19. The quantitative estimate of drug-likeness (QED) is 0.471. The van der Waals surface area contributed by atoms with Crippen molar-refractivity contribution >= 4 is 55.7 Å². The molecule has 0 bridgehead atoms. The highest BCUT2D eigenvalue weighted by atomic mass is 35.5. The molecule has 0 saturated carbocycles. The molecule has 4 aromatic rings. The fraction of sp³-hybridized carbons (Fsp3) is 0.0588. The van der Waals surface area contributed by atoms with Crippen LogP contribution in [0.3, 0.4) is 0 Å². The van der Waals surface area contributed by atoms with Crippen LogP contribution in [0.1, 0.15) is 15.2 Å². The number of H-pyrrole nitrogens is 1. The van der Waals surface area contributed by atoms with E-state index in [0.717, 1.165) is 23.5 Å². The summed E-state index contributed by atoms with van der Waals surface area (Å²) in [6, 6.07) is 7.67. The maximum Gasteiger partial charge on any atom is 0.417 e. The van der Waals surface area contributed by atoms with Crippen molar-refractivity contribution in [3.05, 3.63) is 62.4 Å². The van der Waals surface area contributed by atoms with Gasteiger partial charge in [0.2, 0.25) is 0 Å². The predicted octanol–water partition coefficient (Wildman–Crippen LogP) is 5.26. The SMILES string of the molecule is O=C(Nc1ccc2oc(=O)[nH]c2c1)c1sc2cc(C(F)(F)F)ccc2c1Cl. The van der Waals surface area contributed by atoms with Crippen molar-refractivity contribution in [2.24, 2.45) is 0 Å². The third kappa shape index (κ3) is 3.19. The lowest BCUT2D eigenvalue weighted by atomic mass is 10.1. The summed E-state index contributed by atoms with van der Waals surface area (Å²) in [5.41, 5.74) is 0.288. The molecule has 1 amide bonds. The first-order chi connectivity index (χ1) is 12.7. The van der Waals surface area contributed by atoms with Gasteiger partial charge in [-0.05, 0) is 30.3 Å². The number of oxazole rings is 1. The van der Waals surface area contributed by atoms with Crippen LogP contribution in [0, 0.1) is 0 Å². The Balaban J connectivity index is 1.68. The Morgan fingerprint density at radius 1 is 1.19 bits per heavy atom. The number of fused-ring (bicyclic) bond motifs is 2. The number of alkyl halides is 3. The van der Waals surface area contributed by atoms with Crippen molar-refractivity contribution in [2.75, 3.05) is 5.32 Å². The molecule has 0 spiro atoms. The minimum absolute atomic E-state index is 0.0824. The van der Waals surface area contributed by atoms with Crippen LogP contribution in [0.15, 0.2) is 45.6 Å².